The molecule has 1 aromatic rings. The largest absolute Gasteiger partial charge is 0.492 e. The normalized spacial score (nSPS) is 16.0. The molecule has 1 atom stereocenters. The molecule has 1 saturated heterocycles. The van der Waals surface area contributed by atoms with Gasteiger partial charge in [0.1, 0.15) is 12.4 Å². The molecule has 0 bridgehead atoms. The van der Waals surface area contributed by atoms with E-state index < -0.39 is 0 Å². The molecule has 7 heteroatoms. The molecule has 25 heavy (non-hydrogen) atoms. The number of hydrogen-bond acceptors (Lipinski definition) is 4. The topological polar surface area (TPSA) is 53.1 Å². The molecular formula is C18H26ClN3O3. The number of halogens is 1. The van der Waals surface area contributed by atoms with Crippen molar-refractivity contribution in [2.45, 2.75) is 19.9 Å². The number of carbonyl (C=O) groups is 2. The molecule has 0 aromatic heterocycles. The molecule has 1 aliphatic rings. The van der Waals surface area contributed by atoms with Gasteiger partial charge >= 0.3 is 0 Å². The molecule has 1 aromatic carbocycles. The maximum atomic E-state index is 12.6. The molecule has 2 rings (SSSR count). The molecule has 0 N–H and O–H groups in total. The Bertz CT molecular complexity index is 603. The number of piperazine rings is 1. The molecule has 0 spiro atoms. The second kappa shape index (κ2) is 9.06. The molecule has 1 aliphatic heterocycles. The van der Waals surface area contributed by atoms with Gasteiger partial charge in [0.15, 0.2) is 0 Å². The van der Waals surface area contributed by atoms with Gasteiger partial charge in [0.05, 0.1) is 6.04 Å². The number of likely N-dealkylation sites (N-methyl/N-ethyl adjacent to an activating group) is 1. The molecule has 1 fully saturated rings. The first-order valence-electron chi connectivity index (χ1n) is 8.51. The van der Waals surface area contributed by atoms with Crippen molar-refractivity contribution < 1.29 is 14.3 Å². The smallest absolute Gasteiger partial charge is 0.239 e. The van der Waals surface area contributed by atoms with E-state index in [-0.39, 0.29) is 17.9 Å². The number of amides is 2. The van der Waals surface area contributed by atoms with Crippen LogP contribution in [0.1, 0.15) is 13.8 Å². The van der Waals surface area contributed by atoms with Crippen molar-refractivity contribution in [1.29, 1.82) is 0 Å². The fourth-order valence-electron chi connectivity index (χ4n) is 2.75. The second-order valence-electron chi connectivity index (χ2n) is 6.29. The standard InChI is InChI=1S/C18H26ClN3O3/c1-14(18(24)22-9-7-21(8-10-22)15(2)23)20(3)11-12-25-17-6-4-5-16(19)13-17/h4-6,13-14H,7-12H2,1-3H3. The summed E-state index contributed by atoms with van der Waals surface area (Å²) in [6, 6.07) is 7.04. The Morgan fingerprint density at radius 2 is 1.88 bits per heavy atom. The van der Waals surface area contributed by atoms with E-state index in [9.17, 15) is 9.59 Å². The minimum atomic E-state index is -0.230. The van der Waals surface area contributed by atoms with Crippen LogP contribution in [0.2, 0.25) is 5.02 Å². The van der Waals surface area contributed by atoms with Crippen LogP contribution in [0.3, 0.4) is 0 Å². The van der Waals surface area contributed by atoms with E-state index in [0.29, 0.717) is 44.4 Å². The van der Waals surface area contributed by atoms with Gasteiger partial charge in [0.25, 0.3) is 0 Å². The number of hydrogen-bond donors (Lipinski definition) is 0. The predicted octanol–water partition coefficient (Wildman–Crippen LogP) is 1.73. The van der Waals surface area contributed by atoms with Gasteiger partial charge in [-0.2, -0.15) is 0 Å². The quantitative estimate of drug-likeness (QED) is 0.768. The van der Waals surface area contributed by atoms with E-state index in [1.54, 1.807) is 24.0 Å². The lowest BCUT2D eigenvalue weighted by Gasteiger charge is -2.37. The van der Waals surface area contributed by atoms with Gasteiger partial charge in [-0.15, -0.1) is 0 Å². The number of carbonyl (C=O) groups excluding carboxylic acids is 2. The number of benzene rings is 1. The first kappa shape index (κ1) is 19.5. The van der Waals surface area contributed by atoms with Crippen molar-refractivity contribution in [3.8, 4) is 5.75 Å². The minimum Gasteiger partial charge on any atom is -0.492 e. The molecule has 2 amide bonds. The number of nitrogens with zero attached hydrogens (tertiary/aromatic N) is 3. The van der Waals surface area contributed by atoms with Gasteiger partial charge < -0.3 is 14.5 Å². The summed E-state index contributed by atoms with van der Waals surface area (Å²) in [5.74, 6) is 0.879. The van der Waals surface area contributed by atoms with Gasteiger partial charge in [-0.25, -0.2) is 0 Å². The van der Waals surface area contributed by atoms with Crippen LogP contribution in [-0.4, -0.2) is 78.9 Å². The fraction of sp³-hybridized carbons (Fsp3) is 0.556. The highest BCUT2D eigenvalue weighted by atomic mass is 35.5. The van der Waals surface area contributed by atoms with Crippen LogP contribution in [0.25, 0.3) is 0 Å². The zero-order valence-electron chi connectivity index (χ0n) is 15.1. The molecule has 138 valence electrons. The Labute approximate surface area is 154 Å². The van der Waals surface area contributed by atoms with Crippen molar-refractivity contribution in [2.24, 2.45) is 0 Å². The fourth-order valence-corrected chi connectivity index (χ4v) is 2.93. The van der Waals surface area contributed by atoms with Crippen molar-refractivity contribution in [3.63, 3.8) is 0 Å². The van der Waals surface area contributed by atoms with E-state index in [1.165, 1.54) is 0 Å². The summed E-state index contributed by atoms with van der Waals surface area (Å²) < 4.78 is 5.68. The van der Waals surface area contributed by atoms with Crippen molar-refractivity contribution in [3.05, 3.63) is 29.3 Å². The van der Waals surface area contributed by atoms with E-state index in [1.807, 2.05) is 35.9 Å². The lowest BCUT2D eigenvalue weighted by atomic mass is 10.2. The highest BCUT2D eigenvalue weighted by Crippen LogP contribution is 2.17. The van der Waals surface area contributed by atoms with Gasteiger partial charge in [-0.1, -0.05) is 17.7 Å². The average molecular weight is 368 g/mol. The van der Waals surface area contributed by atoms with Crippen molar-refractivity contribution >= 4 is 23.4 Å². The SMILES string of the molecule is CC(=O)N1CCN(C(=O)C(C)N(C)CCOc2cccc(Cl)c2)CC1. The minimum absolute atomic E-state index is 0.0652. The third-order valence-corrected chi connectivity index (χ3v) is 4.80. The summed E-state index contributed by atoms with van der Waals surface area (Å²) in [5, 5.41) is 0.638. The summed E-state index contributed by atoms with van der Waals surface area (Å²) in [4.78, 5) is 29.6. The molecule has 1 unspecified atom stereocenters. The molecule has 0 radical (unpaired) electrons. The van der Waals surface area contributed by atoms with Crippen LogP contribution in [-0.2, 0) is 9.59 Å². The van der Waals surface area contributed by atoms with Gasteiger partial charge in [0, 0.05) is 44.7 Å². The summed E-state index contributed by atoms with van der Waals surface area (Å²) >= 11 is 5.93. The van der Waals surface area contributed by atoms with Gasteiger partial charge in [-0.05, 0) is 32.2 Å². The van der Waals surface area contributed by atoms with Crippen LogP contribution >= 0.6 is 11.6 Å². The Balaban J connectivity index is 1.76. The van der Waals surface area contributed by atoms with Crippen molar-refractivity contribution in [1.82, 2.24) is 14.7 Å². The monoisotopic (exact) mass is 367 g/mol. The van der Waals surface area contributed by atoms with Crippen LogP contribution in [0, 0.1) is 0 Å². The molecular weight excluding hydrogens is 342 g/mol. The van der Waals surface area contributed by atoms with Crippen LogP contribution in [0.4, 0.5) is 0 Å². The average Bonchev–Trinajstić information content (AvgIpc) is 2.60. The van der Waals surface area contributed by atoms with E-state index >= 15 is 0 Å². The third-order valence-electron chi connectivity index (χ3n) is 4.56. The lowest BCUT2D eigenvalue weighted by Crippen LogP contribution is -2.54. The van der Waals surface area contributed by atoms with Gasteiger partial charge in [-0.3, -0.25) is 14.5 Å². The molecule has 0 saturated carbocycles. The first-order valence-corrected chi connectivity index (χ1v) is 8.89. The zero-order valence-corrected chi connectivity index (χ0v) is 15.8. The molecule has 0 aliphatic carbocycles. The summed E-state index contributed by atoms with van der Waals surface area (Å²) in [5.41, 5.74) is 0. The van der Waals surface area contributed by atoms with Gasteiger partial charge in [0.2, 0.25) is 11.8 Å². The Morgan fingerprint density at radius 3 is 2.48 bits per heavy atom. The number of ether oxygens (including phenoxy) is 1. The lowest BCUT2D eigenvalue weighted by molar-refractivity contribution is -0.141. The maximum absolute atomic E-state index is 12.6. The Hall–Kier alpha value is -1.79. The van der Waals surface area contributed by atoms with Crippen LogP contribution < -0.4 is 4.74 Å². The molecule has 6 nitrogen and oxygen atoms in total. The van der Waals surface area contributed by atoms with Crippen LogP contribution in [0.5, 0.6) is 5.75 Å². The van der Waals surface area contributed by atoms with E-state index in [2.05, 4.69) is 0 Å². The summed E-state index contributed by atoms with van der Waals surface area (Å²) in [6.07, 6.45) is 0. The van der Waals surface area contributed by atoms with E-state index in [0.717, 1.165) is 5.75 Å². The Kier molecular flexibility index (Phi) is 7.08. The maximum Gasteiger partial charge on any atom is 0.239 e. The Morgan fingerprint density at radius 1 is 1.24 bits per heavy atom. The third kappa shape index (κ3) is 5.61. The number of rotatable bonds is 6. The second-order valence-corrected chi connectivity index (χ2v) is 6.73. The highest BCUT2D eigenvalue weighted by Gasteiger charge is 2.27. The predicted molar refractivity (Wildman–Crippen MR) is 97.9 cm³/mol. The first-order chi connectivity index (χ1) is 11.9. The zero-order chi connectivity index (χ0) is 18.4. The van der Waals surface area contributed by atoms with E-state index in [4.69, 9.17) is 16.3 Å². The summed E-state index contributed by atoms with van der Waals surface area (Å²) in [6.45, 7) is 6.97. The molecule has 1 heterocycles. The summed E-state index contributed by atoms with van der Waals surface area (Å²) in [7, 11) is 1.91. The highest BCUT2D eigenvalue weighted by molar-refractivity contribution is 6.30. The van der Waals surface area contributed by atoms with Crippen molar-refractivity contribution in [2.75, 3.05) is 46.4 Å². The van der Waals surface area contributed by atoms with Crippen LogP contribution in [0.15, 0.2) is 24.3 Å².